The first kappa shape index (κ1) is 29.1. The Morgan fingerprint density at radius 3 is 2.47 bits per heavy atom. The first-order chi connectivity index (χ1) is 21.6. The highest BCUT2D eigenvalue weighted by Crippen LogP contribution is 2.66. The van der Waals surface area contributed by atoms with E-state index in [1.54, 1.807) is 6.21 Å². The molecule has 3 aromatic carbocycles. The SMILES string of the molecule is C=C1/N=C\C=C/Cc2c(C)cc3c(c2O1)-c1ccc(Nc2ccc(C(C)(C)C)cc2)cc1C31C(C)=C(/C=C\C)C2C=CC=CC21. The molecule has 7 rings (SSSR count). The quantitative estimate of drug-likeness (QED) is 0.329. The molecule has 3 nitrogen and oxygen atoms in total. The number of hydrogen-bond acceptors (Lipinski definition) is 3. The van der Waals surface area contributed by atoms with Crippen molar-refractivity contribution in [3.05, 3.63) is 149 Å². The van der Waals surface area contributed by atoms with Gasteiger partial charge in [-0.15, -0.1) is 0 Å². The van der Waals surface area contributed by atoms with Gasteiger partial charge in [0, 0.05) is 46.0 Å². The fourth-order valence-electron chi connectivity index (χ4n) is 8.05. The van der Waals surface area contributed by atoms with Crippen molar-refractivity contribution in [2.75, 3.05) is 5.32 Å². The third-order valence-electron chi connectivity index (χ3n) is 10.1. The molecule has 0 aromatic heterocycles. The van der Waals surface area contributed by atoms with Gasteiger partial charge in [0.25, 0.3) is 0 Å². The van der Waals surface area contributed by atoms with Crippen LogP contribution in [-0.4, -0.2) is 6.21 Å². The zero-order valence-corrected chi connectivity index (χ0v) is 27.2. The summed E-state index contributed by atoms with van der Waals surface area (Å²) in [4.78, 5) is 4.46. The van der Waals surface area contributed by atoms with Gasteiger partial charge in [0.05, 0.1) is 0 Å². The van der Waals surface area contributed by atoms with E-state index < -0.39 is 0 Å². The molecule has 1 aliphatic heterocycles. The van der Waals surface area contributed by atoms with Gasteiger partial charge in [0.1, 0.15) is 5.75 Å². The number of benzene rings is 3. The average molecular weight is 591 g/mol. The number of fused-ring (bicyclic) bond motifs is 9. The minimum absolute atomic E-state index is 0.113. The summed E-state index contributed by atoms with van der Waals surface area (Å²) in [7, 11) is 0. The molecule has 0 fully saturated rings. The number of ether oxygens (including phenoxy) is 1. The number of allylic oxidation sites excluding steroid dienone is 10. The van der Waals surface area contributed by atoms with Gasteiger partial charge in [-0.25, -0.2) is 4.99 Å². The number of nitrogens with zero attached hydrogens (tertiary/aromatic N) is 1. The van der Waals surface area contributed by atoms with Gasteiger partial charge in [-0.05, 0) is 103 Å². The van der Waals surface area contributed by atoms with E-state index in [9.17, 15) is 0 Å². The van der Waals surface area contributed by atoms with Gasteiger partial charge in [-0.2, -0.15) is 0 Å². The molecule has 226 valence electrons. The summed E-state index contributed by atoms with van der Waals surface area (Å²) in [5.41, 5.74) is 13.5. The summed E-state index contributed by atoms with van der Waals surface area (Å²) >= 11 is 0. The van der Waals surface area contributed by atoms with Crippen LogP contribution in [0.3, 0.4) is 0 Å². The summed E-state index contributed by atoms with van der Waals surface area (Å²) < 4.78 is 6.60. The molecule has 1 spiro atoms. The molecule has 3 aliphatic carbocycles. The van der Waals surface area contributed by atoms with Gasteiger partial charge in [-0.3, -0.25) is 0 Å². The zero-order valence-electron chi connectivity index (χ0n) is 27.2. The maximum absolute atomic E-state index is 6.60. The highest BCUT2D eigenvalue weighted by Gasteiger charge is 2.57. The summed E-state index contributed by atoms with van der Waals surface area (Å²) in [6, 6.07) is 18.2. The predicted molar refractivity (Wildman–Crippen MR) is 190 cm³/mol. The maximum atomic E-state index is 6.60. The molecular weight excluding hydrogens is 548 g/mol. The molecule has 1 heterocycles. The molecule has 3 unspecified atom stereocenters. The largest absolute Gasteiger partial charge is 0.439 e. The van der Waals surface area contributed by atoms with Crippen molar-refractivity contribution in [2.45, 2.75) is 58.8 Å². The summed E-state index contributed by atoms with van der Waals surface area (Å²) in [6.07, 6.45) is 20.4. The van der Waals surface area contributed by atoms with E-state index in [1.807, 2.05) is 6.08 Å². The van der Waals surface area contributed by atoms with Gasteiger partial charge in [-0.1, -0.05) is 93.1 Å². The Morgan fingerprint density at radius 2 is 1.71 bits per heavy atom. The Morgan fingerprint density at radius 1 is 0.956 bits per heavy atom. The van der Waals surface area contributed by atoms with Crippen LogP contribution in [0, 0.1) is 18.8 Å². The van der Waals surface area contributed by atoms with E-state index in [2.05, 4.69) is 149 Å². The predicted octanol–water partition coefficient (Wildman–Crippen LogP) is 10.6. The first-order valence-corrected chi connectivity index (χ1v) is 16.1. The van der Waals surface area contributed by atoms with Crippen LogP contribution in [0.15, 0.2) is 126 Å². The zero-order chi connectivity index (χ0) is 31.5. The topological polar surface area (TPSA) is 33.6 Å². The molecule has 3 heteroatoms. The number of aryl methyl sites for hydroxylation is 1. The van der Waals surface area contributed by atoms with E-state index in [-0.39, 0.29) is 16.7 Å². The number of nitrogens with one attached hydrogen (secondary N) is 1. The third kappa shape index (κ3) is 4.51. The van der Waals surface area contributed by atoms with E-state index in [0.717, 1.165) is 23.5 Å². The molecule has 0 amide bonds. The Kier molecular flexibility index (Phi) is 6.96. The minimum atomic E-state index is -0.346. The maximum Gasteiger partial charge on any atom is 0.211 e. The molecule has 4 aliphatic rings. The molecule has 0 saturated heterocycles. The molecule has 45 heavy (non-hydrogen) atoms. The summed E-state index contributed by atoms with van der Waals surface area (Å²) in [5.74, 6) is 1.82. The Balaban J connectivity index is 1.48. The number of anilines is 2. The van der Waals surface area contributed by atoms with E-state index in [0.29, 0.717) is 11.8 Å². The average Bonchev–Trinajstić information content (AvgIpc) is 3.46. The van der Waals surface area contributed by atoms with Crippen molar-refractivity contribution in [3.63, 3.8) is 0 Å². The van der Waals surface area contributed by atoms with Crippen LogP contribution in [0.2, 0.25) is 0 Å². The van der Waals surface area contributed by atoms with Crippen molar-refractivity contribution in [2.24, 2.45) is 16.8 Å². The van der Waals surface area contributed by atoms with E-state index in [4.69, 9.17) is 4.74 Å². The van der Waals surface area contributed by atoms with Gasteiger partial charge in [0.2, 0.25) is 5.88 Å². The van der Waals surface area contributed by atoms with Crippen molar-refractivity contribution >= 4 is 17.6 Å². The third-order valence-corrected chi connectivity index (χ3v) is 10.1. The fraction of sp³-hybridized carbons (Fsp3) is 0.262. The Hall–Kier alpha value is -4.63. The second-order valence-electron chi connectivity index (χ2n) is 13.8. The van der Waals surface area contributed by atoms with Crippen molar-refractivity contribution in [1.82, 2.24) is 0 Å². The lowest BCUT2D eigenvalue weighted by molar-refractivity contribution is 0.415. The fourth-order valence-corrected chi connectivity index (χ4v) is 8.05. The lowest BCUT2D eigenvalue weighted by Crippen LogP contribution is -2.34. The van der Waals surface area contributed by atoms with Crippen molar-refractivity contribution in [3.8, 4) is 16.9 Å². The molecule has 3 atom stereocenters. The van der Waals surface area contributed by atoms with Crippen molar-refractivity contribution in [1.29, 1.82) is 0 Å². The van der Waals surface area contributed by atoms with Gasteiger partial charge >= 0.3 is 0 Å². The normalized spacial score (nSPS) is 24.4. The van der Waals surface area contributed by atoms with E-state index in [1.165, 1.54) is 50.1 Å². The Labute approximate surface area is 268 Å². The van der Waals surface area contributed by atoms with Gasteiger partial charge in [0.15, 0.2) is 0 Å². The van der Waals surface area contributed by atoms with Gasteiger partial charge < -0.3 is 10.1 Å². The monoisotopic (exact) mass is 590 g/mol. The second kappa shape index (κ2) is 10.8. The number of aliphatic imine (C=N–C) groups is 1. The van der Waals surface area contributed by atoms with Crippen LogP contribution in [0.4, 0.5) is 11.4 Å². The highest BCUT2D eigenvalue weighted by molar-refractivity contribution is 5.92. The van der Waals surface area contributed by atoms with Crippen LogP contribution in [-0.2, 0) is 17.3 Å². The molecular formula is C42H42N2O. The van der Waals surface area contributed by atoms with Crippen molar-refractivity contribution < 1.29 is 4.74 Å². The highest BCUT2D eigenvalue weighted by atomic mass is 16.5. The Bertz CT molecular complexity index is 1910. The van der Waals surface area contributed by atoms with Crippen LogP contribution in [0.5, 0.6) is 5.75 Å². The van der Waals surface area contributed by atoms with Crippen LogP contribution < -0.4 is 10.1 Å². The molecule has 1 N–H and O–H groups in total. The lowest BCUT2D eigenvalue weighted by Gasteiger charge is -2.37. The second-order valence-corrected chi connectivity index (χ2v) is 13.8. The standard InChI is InChI=1S/C42H42N2O/c1-8-13-33-27(3)42(36-16-10-9-15-34(33)36)37-25-31(44-30-19-17-29(18-20-30)41(5,6)7)21-22-35(37)39-38(42)24-26(2)32-14-11-12-23-43-28(4)45-40(32)39/h8-13,15-25,34,36,44H,4,14H2,1-3,5-7H3/b12-11-,13-8-,43-23-. The lowest BCUT2D eigenvalue weighted by atomic mass is 9.64. The van der Waals surface area contributed by atoms with Crippen LogP contribution >= 0.6 is 0 Å². The summed E-state index contributed by atoms with van der Waals surface area (Å²) in [6.45, 7) is 17.6. The molecule has 3 aromatic rings. The molecule has 0 bridgehead atoms. The minimum Gasteiger partial charge on any atom is -0.439 e. The summed E-state index contributed by atoms with van der Waals surface area (Å²) in [5, 5.41) is 3.74. The molecule has 0 saturated carbocycles. The smallest absolute Gasteiger partial charge is 0.211 e. The first-order valence-electron chi connectivity index (χ1n) is 16.1. The van der Waals surface area contributed by atoms with Crippen LogP contribution in [0.25, 0.3) is 11.1 Å². The van der Waals surface area contributed by atoms with Crippen LogP contribution in [0.1, 0.15) is 62.4 Å². The number of rotatable bonds is 3. The van der Waals surface area contributed by atoms with E-state index >= 15 is 0 Å². The molecule has 0 radical (unpaired) electrons. The number of hydrogen-bond donors (Lipinski definition) is 1.